The lowest BCUT2D eigenvalue weighted by molar-refractivity contribution is -0.128. The Balaban J connectivity index is 1.25. The Labute approximate surface area is 178 Å². The summed E-state index contributed by atoms with van der Waals surface area (Å²) in [5.74, 6) is 0.531. The van der Waals surface area contributed by atoms with E-state index in [1.54, 1.807) is 30.3 Å². The molecule has 0 bridgehead atoms. The number of aliphatic hydroxyl groups is 1. The Morgan fingerprint density at radius 3 is 2.74 bits per heavy atom. The largest absolute Gasteiger partial charge is 0.454 e. The molecule has 31 heavy (non-hydrogen) atoms. The number of fused-ring (bicyclic) bond motifs is 1. The summed E-state index contributed by atoms with van der Waals surface area (Å²) in [5.41, 5.74) is 1.45. The van der Waals surface area contributed by atoms with Crippen LogP contribution in [0.4, 0.5) is 4.79 Å². The number of rotatable bonds is 8. The number of carbonyl (C=O) groups is 3. The van der Waals surface area contributed by atoms with Gasteiger partial charge in [0.1, 0.15) is 6.04 Å². The number of imide groups is 1. The van der Waals surface area contributed by atoms with Gasteiger partial charge in [-0.2, -0.15) is 0 Å². The van der Waals surface area contributed by atoms with E-state index in [9.17, 15) is 19.5 Å². The lowest BCUT2D eigenvalue weighted by Gasteiger charge is -2.14. The average molecular weight is 425 g/mol. The van der Waals surface area contributed by atoms with Crippen LogP contribution < -0.4 is 20.1 Å². The number of hydrogen-bond donors (Lipinski definition) is 3. The lowest BCUT2D eigenvalue weighted by Crippen LogP contribution is -2.33. The van der Waals surface area contributed by atoms with Gasteiger partial charge >= 0.3 is 6.03 Å². The van der Waals surface area contributed by atoms with E-state index in [4.69, 9.17) is 9.47 Å². The number of aliphatic hydroxyl groups excluding tert-OH is 1. The molecule has 2 unspecified atom stereocenters. The fourth-order valence-corrected chi connectivity index (χ4v) is 3.51. The highest BCUT2D eigenvalue weighted by molar-refractivity contribution is 6.04. The number of nitrogens with zero attached hydrogens (tertiary/aromatic N) is 1. The van der Waals surface area contributed by atoms with Gasteiger partial charge in [0, 0.05) is 13.0 Å². The summed E-state index contributed by atoms with van der Waals surface area (Å²) in [6.07, 6.45) is -0.582. The van der Waals surface area contributed by atoms with E-state index in [0.29, 0.717) is 17.1 Å². The maximum atomic E-state index is 12.6. The third-order valence-corrected chi connectivity index (χ3v) is 5.22. The van der Waals surface area contributed by atoms with Crippen molar-refractivity contribution in [3.63, 3.8) is 0 Å². The van der Waals surface area contributed by atoms with E-state index in [0.717, 1.165) is 10.5 Å². The van der Waals surface area contributed by atoms with Crippen molar-refractivity contribution in [2.75, 3.05) is 13.3 Å². The van der Waals surface area contributed by atoms with Gasteiger partial charge in [-0.15, -0.1) is 0 Å². The predicted octanol–water partition coefficient (Wildman–Crippen LogP) is 1.47. The molecule has 0 spiro atoms. The normalized spacial score (nSPS) is 18.1. The molecule has 162 valence electrons. The van der Waals surface area contributed by atoms with E-state index in [2.05, 4.69) is 10.6 Å². The lowest BCUT2D eigenvalue weighted by atomic mass is 10.1. The van der Waals surface area contributed by atoms with Crippen molar-refractivity contribution in [1.29, 1.82) is 0 Å². The highest BCUT2D eigenvalue weighted by Gasteiger charge is 2.38. The zero-order valence-corrected chi connectivity index (χ0v) is 16.7. The Morgan fingerprint density at radius 2 is 1.94 bits per heavy atom. The van der Waals surface area contributed by atoms with Crippen molar-refractivity contribution in [2.45, 2.75) is 31.5 Å². The molecule has 2 heterocycles. The molecule has 1 saturated heterocycles. The molecule has 1 fully saturated rings. The van der Waals surface area contributed by atoms with E-state index in [1.165, 1.54) is 0 Å². The van der Waals surface area contributed by atoms with Crippen LogP contribution in [0.15, 0.2) is 48.5 Å². The quantitative estimate of drug-likeness (QED) is 0.552. The minimum atomic E-state index is -0.810. The molecule has 0 radical (unpaired) electrons. The molecule has 2 aromatic carbocycles. The van der Waals surface area contributed by atoms with Crippen molar-refractivity contribution in [1.82, 2.24) is 15.5 Å². The van der Waals surface area contributed by atoms with Crippen molar-refractivity contribution >= 4 is 17.8 Å². The Hall–Kier alpha value is -3.59. The van der Waals surface area contributed by atoms with Crippen molar-refractivity contribution in [3.8, 4) is 11.5 Å². The zero-order valence-electron chi connectivity index (χ0n) is 16.7. The van der Waals surface area contributed by atoms with Gasteiger partial charge in [-0.3, -0.25) is 14.5 Å². The second kappa shape index (κ2) is 9.05. The first kappa shape index (κ1) is 20.7. The van der Waals surface area contributed by atoms with Crippen molar-refractivity contribution < 1.29 is 29.0 Å². The molecule has 3 N–H and O–H groups in total. The van der Waals surface area contributed by atoms with Crippen LogP contribution in [0.25, 0.3) is 0 Å². The molecule has 4 amide bonds. The minimum Gasteiger partial charge on any atom is -0.454 e. The number of amides is 4. The van der Waals surface area contributed by atoms with Crippen LogP contribution in [0.5, 0.6) is 11.5 Å². The van der Waals surface area contributed by atoms with E-state index in [-0.39, 0.29) is 44.5 Å². The van der Waals surface area contributed by atoms with Crippen molar-refractivity contribution in [3.05, 3.63) is 59.7 Å². The Bertz CT molecular complexity index is 980. The summed E-state index contributed by atoms with van der Waals surface area (Å²) in [5, 5.41) is 15.4. The van der Waals surface area contributed by atoms with Crippen LogP contribution in [0.1, 0.15) is 30.1 Å². The smallest absolute Gasteiger partial charge is 0.325 e. The van der Waals surface area contributed by atoms with E-state index >= 15 is 0 Å². The zero-order chi connectivity index (χ0) is 21.8. The second-order valence-corrected chi connectivity index (χ2v) is 7.38. The molecule has 2 aliphatic rings. The van der Waals surface area contributed by atoms with E-state index < -0.39 is 18.2 Å². The SMILES string of the molecule is O=C(CCC1NC(=O)N(Cc2ccc3c(c2)OCO3)C1=O)NCC(O)c1ccccc1. The standard InChI is InChI=1S/C22H23N3O6/c26-17(15-4-2-1-3-5-15)11-23-20(27)9-7-16-21(28)25(22(29)24-16)12-14-6-8-18-19(10-14)31-13-30-18/h1-6,8,10,16-17,26H,7,9,11-13H2,(H,23,27)(H,24,29). The third-order valence-electron chi connectivity index (χ3n) is 5.22. The molecular weight excluding hydrogens is 402 g/mol. The van der Waals surface area contributed by atoms with Crippen LogP contribution in [0.3, 0.4) is 0 Å². The number of carbonyl (C=O) groups excluding carboxylic acids is 3. The first-order chi connectivity index (χ1) is 15.0. The molecule has 0 aromatic heterocycles. The molecular formula is C22H23N3O6. The minimum absolute atomic E-state index is 0.0516. The summed E-state index contributed by atoms with van der Waals surface area (Å²) in [6.45, 7) is 0.325. The van der Waals surface area contributed by atoms with Crippen LogP contribution in [-0.4, -0.2) is 47.2 Å². The molecule has 2 atom stereocenters. The second-order valence-electron chi connectivity index (χ2n) is 7.38. The predicted molar refractivity (Wildman–Crippen MR) is 109 cm³/mol. The van der Waals surface area contributed by atoms with Crippen molar-refractivity contribution in [2.24, 2.45) is 0 Å². The Kier molecular flexibility index (Phi) is 6.03. The molecule has 4 rings (SSSR count). The summed E-state index contributed by atoms with van der Waals surface area (Å²) >= 11 is 0. The summed E-state index contributed by atoms with van der Waals surface area (Å²) < 4.78 is 10.6. The van der Waals surface area contributed by atoms with Gasteiger partial charge < -0.3 is 25.2 Å². The first-order valence-electron chi connectivity index (χ1n) is 10.0. The van der Waals surface area contributed by atoms with Crippen LogP contribution in [0, 0.1) is 0 Å². The molecule has 2 aromatic rings. The van der Waals surface area contributed by atoms with Gasteiger partial charge in [-0.1, -0.05) is 36.4 Å². The number of nitrogens with one attached hydrogen (secondary N) is 2. The van der Waals surface area contributed by atoms with E-state index in [1.807, 2.05) is 18.2 Å². The van der Waals surface area contributed by atoms with Crippen LogP contribution >= 0.6 is 0 Å². The van der Waals surface area contributed by atoms with Gasteiger partial charge in [-0.05, 0) is 29.7 Å². The number of benzene rings is 2. The fourth-order valence-electron chi connectivity index (χ4n) is 3.51. The van der Waals surface area contributed by atoms with Gasteiger partial charge in [0.2, 0.25) is 12.7 Å². The highest BCUT2D eigenvalue weighted by atomic mass is 16.7. The first-order valence-corrected chi connectivity index (χ1v) is 10.0. The maximum Gasteiger partial charge on any atom is 0.325 e. The maximum absolute atomic E-state index is 12.6. The third kappa shape index (κ3) is 4.77. The summed E-state index contributed by atoms with van der Waals surface area (Å²) in [4.78, 5) is 38.1. The monoisotopic (exact) mass is 425 g/mol. The highest BCUT2D eigenvalue weighted by Crippen LogP contribution is 2.33. The molecule has 2 aliphatic heterocycles. The van der Waals surface area contributed by atoms with Gasteiger partial charge in [-0.25, -0.2) is 4.79 Å². The number of hydrogen-bond acceptors (Lipinski definition) is 6. The number of urea groups is 1. The molecule has 9 nitrogen and oxygen atoms in total. The van der Waals surface area contributed by atoms with Gasteiger partial charge in [0.15, 0.2) is 11.5 Å². The van der Waals surface area contributed by atoms with Gasteiger partial charge in [0.05, 0.1) is 12.6 Å². The molecule has 9 heteroatoms. The van der Waals surface area contributed by atoms with Crippen LogP contribution in [0.2, 0.25) is 0 Å². The van der Waals surface area contributed by atoms with Crippen LogP contribution in [-0.2, 0) is 16.1 Å². The topological polar surface area (TPSA) is 117 Å². The Morgan fingerprint density at radius 1 is 1.16 bits per heavy atom. The fraction of sp³-hybridized carbons (Fsp3) is 0.318. The summed E-state index contributed by atoms with van der Waals surface area (Å²) in [7, 11) is 0. The molecule has 0 saturated carbocycles. The number of ether oxygens (including phenoxy) is 2. The molecule has 0 aliphatic carbocycles. The summed E-state index contributed by atoms with van der Waals surface area (Å²) in [6, 6.07) is 13.0. The van der Waals surface area contributed by atoms with Gasteiger partial charge in [0.25, 0.3) is 5.91 Å². The average Bonchev–Trinajstić information content (AvgIpc) is 3.36.